The number of halogens is 2. The Kier molecular flexibility index (Phi) is 6.83. The number of aryl methyl sites for hydroxylation is 1. The van der Waals surface area contributed by atoms with Crippen LogP contribution in [-0.4, -0.2) is 36.8 Å². The van der Waals surface area contributed by atoms with E-state index >= 15 is 0 Å². The van der Waals surface area contributed by atoms with Crippen molar-refractivity contribution in [3.63, 3.8) is 0 Å². The van der Waals surface area contributed by atoms with E-state index in [-0.39, 0.29) is 29.3 Å². The van der Waals surface area contributed by atoms with Crippen LogP contribution >= 0.6 is 11.8 Å². The van der Waals surface area contributed by atoms with Crippen LogP contribution in [0.3, 0.4) is 0 Å². The Bertz CT molecular complexity index is 1110. The summed E-state index contributed by atoms with van der Waals surface area (Å²) in [4.78, 5) is 0. The van der Waals surface area contributed by atoms with E-state index in [1.807, 2.05) is 19.1 Å². The van der Waals surface area contributed by atoms with Crippen molar-refractivity contribution >= 4 is 27.7 Å². The van der Waals surface area contributed by atoms with E-state index in [1.165, 1.54) is 28.6 Å². The highest BCUT2D eigenvalue weighted by Gasteiger charge is 2.35. The fourth-order valence-electron chi connectivity index (χ4n) is 3.87. The summed E-state index contributed by atoms with van der Waals surface area (Å²) in [6, 6.07) is 19.6. The van der Waals surface area contributed by atoms with Crippen LogP contribution in [0.1, 0.15) is 22.6 Å². The van der Waals surface area contributed by atoms with Crippen molar-refractivity contribution < 1.29 is 17.2 Å². The molecule has 3 aromatic rings. The molecule has 1 aliphatic rings. The molecular weight excluding hydrogens is 450 g/mol. The molecule has 1 unspecified atom stereocenters. The minimum absolute atomic E-state index is 0.116. The molecule has 3 aromatic carbocycles. The molecule has 0 radical (unpaired) electrons. The summed E-state index contributed by atoms with van der Waals surface area (Å²) < 4.78 is 57.4. The van der Waals surface area contributed by atoms with Gasteiger partial charge in [-0.2, -0.15) is 24.5 Å². The van der Waals surface area contributed by atoms with Gasteiger partial charge in [-0.1, -0.05) is 42.0 Å². The second kappa shape index (κ2) is 9.60. The molecule has 32 heavy (non-hydrogen) atoms. The van der Waals surface area contributed by atoms with Gasteiger partial charge < -0.3 is 0 Å². The monoisotopic (exact) mass is 474 g/mol. The summed E-state index contributed by atoms with van der Waals surface area (Å²) in [5, 5.41) is -0.116. The highest BCUT2D eigenvalue weighted by Crippen LogP contribution is 2.38. The molecule has 4 rings (SSSR count). The van der Waals surface area contributed by atoms with Gasteiger partial charge in [0.1, 0.15) is 11.6 Å². The number of hydrogen-bond donors (Lipinski definition) is 1. The van der Waals surface area contributed by atoms with E-state index in [9.17, 15) is 17.2 Å². The van der Waals surface area contributed by atoms with Gasteiger partial charge in [0.15, 0.2) is 0 Å². The summed E-state index contributed by atoms with van der Waals surface area (Å²) in [5.41, 5.74) is 3.28. The molecule has 8 heteroatoms. The summed E-state index contributed by atoms with van der Waals surface area (Å²) in [6.07, 6.45) is 0. The minimum Gasteiger partial charge on any atom is -0.271 e. The first-order chi connectivity index (χ1) is 15.3. The lowest BCUT2D eigenvalue weighted by molar-refractivity contribution is 0.413. The van der Waals surface area contributed by atoms with E-state index in [0.29, 0.717) is 18.0 Å². The number of nitrogens with zero attached hydrogens (tertiary/aromatic N) is 1. The molecule has 168 valence electrons. The van der Waals surface area contributed by atoms with Crippen LogP contribution in [0, 0.1) is 18.6 Å². The fourth-order valence-corrected chi connectivity index (χ4v) is 6.75. The maximum atomic E-state index is 13.5. The van der Waals surface area contributed by atoms with Gasteiger partial charge >= 0.3 is 10.2 Å². The Morgan fingerprint density at radius 2 is 1.44 bits per heavy atom. The average molecular weight is 475 g/mol. The van der Waals surface area contributed by atoms with Gasteiger partial charge in [-0.3, -0.25) is 4.72 Å². The van der Waals surface area contributed by atoms with Crippen molar-refractivity contribution in [1.29, 1.82) is 0 Å². The molecule has 1 heterocycles. The van der Waals surface area contributed by atoms with Gasteiger partial charge in [-0.05, 0) is 54.4 Å². The van der Waals surface area contributed by atoms with E-state index in [2.05, 4.69) is 4.72 Å². The Balaban J connectivity index is 1.61. The lowest BCUT2D eigenvalue weighted by Crippen LogP contribution is -2.46. The molecule has 0 amide bonds. The van der Waals surface area contributed by atoms with Crippen molar-refractivity contribution in [2.45, 2.75) is 18.1 Å². The number of thioether (sulfide) groups is 1. The van der Waals surface area contributed by atoms with Crippen molar-refractivity contribution in [3.05, 3.63) is 101 Å². The predicted octanol–water partition coefficient (Wildman–Crippen LogP) is 5.18. The maximum Gasteiger partial charge on any atom is 0.301 e. The lowest BCUT2D eigenvalue weighted by atomic mass is 9.88. The number of nitrogens with one attached hydrogen (secondary N) is 1. The first kappa shape index (κ1) is 22.8. The van der Waals surface area contributed by atoms with Gasteiger partial charge in [0.05, 0.1) is 0 Å². The number of anilines is 1. The third-order valence-electron chi connectivity index (χ3n) is 5.52. The van der Waals surface area contributed by atoms with Gasteiger partial charge in [-0.25, -0.2) is 8.78 Å². The maximum absolute atomic E-state index is 13.5. The third-order valence-corrected chi connectivity index (χ3v) is 8.30. The average Bonchev–Trinajstić information content (AvgIpc) is 2.78. The quantitative estimate of drug-likeness (QED) is 0.536. The van der Waals surface area contributed by atoms with Crippen molar-refractivity contribution in [2.24, 2.45) is 0 Å². The van der Waals surface area contributed by atoms with E-state index < -0.39 is 10.2 Å². The molecule has 0 aromatic heterocycles. The molecule has 4 nitrogen and oxygen atoms in total. The normalized spacial score (nSPS) is 17.4. The van der Waals surface area contributed by atoms with Crippen LogP contribution in [0.25, 0.3) is 0 Å². The SMILES string of the molecule is Cc1ccc(NS(=O)(=O)N2CCSC(C(c3ccc(F)cc3)c3ccc(F)cc3)C2)cc1. The van der Waals surface area contributed by atoms with Crippen molar-refractivity contribution in [1.82, 2.24) is 4.31 Å². The van der Waals surface area contributed by atoms with Crippen molar-refractivity contribution in [3.8, 4) is 0 Å². The fraction of sp³-hybridized carbons (Fsp3) is 0.250. The van der Waals surface area contributed by atoms with Crippen LogP contribution in [0.15, 0.2) is 72.8 Å². The molecule has 0 spiro atoms. The summed E-state index contributed by atoms with van der Waals surface area (Å²) in [6.45, 7) is 2.61. The van der Waals surface area contributed by atoms with Crippen LogP contribution in [0.2, 0.25) is 0 Å². The molecule has 1 aliphatic heterocycles. The van der Waals surface area contributed by atoms with Gasteiger partial charge in [0, 0.05) is 35.7 Å². The summed E-state index contributed by atoms with van der Waals surface area (Å²) >= 11 is 1.68. The van der Waals surface area contributed by atoms with E-state index in [0.717, 1.165) is 16.7 Å². The molecule has 0 bridgehead atoms. The van der Waals surface area contributed by atoms with Crippen molar-refractivity contribution in [2.75, 3.05) is 23.6 Å². The molecular formula is C24H24F2N2O2S2. The van der Waals surface area contributed by atoms with Gasteiger partial charge in [0.25, 0.3) is 0 Å². The third kappa shape index (κ3) is 5.31. The largest absolute Gasteiger partial charge is 0.301 e. The Labute approximate surface area is 191 Å². The molecule has 0 saturated carbocycles. The number of benzene rings is 3. The first-order valence-corrected chi connectivity index (χ1v) is 12.8. The minimum atomic E-state index is -3.74. The Morgan fingerprint density at radius 1 is 0.906 bits per heavy atom. The second-order valence-electron chi connectivity index (χ2n) is 7.82. The highest BCUT2D eigenvalue weighted by atomic mass is 32.2. The van der Waals surface area contributed by atoms with E-state index in [4.69, 9.17) is 0 Å². The van der Waals surface area contributed by atoms with Gasteiger partial charge in [0.2, 0.25) is 0 Å². The van der Waals surface area contributed by atoms with Crippen LogP contribution < -0.4 is 4.72 Å². The Morgan fingerprint density at radius 3 is 1.97 bits per heavy atom. The molecule has 1 N–H and O–H groups in total. The zero-order valence-corrected chi connectivity index (χ0v) is 19.2. The van der Waals surface area contributed by atoms with Gasteiger partial charge in [-0.15, -0.1) is 0 Å². The Hall–Kier alpha value is -2.42. The summed E-state index contributed by atoms with van der Waals surface area (Å²) in [7, 11) is -3.74. The first-order valence-electron chi connectivity index (χ1n) is 10.3. The van der Waals surface area contributed by atoms with Crippen LogP contribution in [0.5, 0.6) is 0 Å². The number of rotatable bonds is 6. The standard InChI is InChI=1S/C24H24F2N2O2S2/c1-17-2-12-22(13-3-17)27-32(29,30)28-14-15-31-23(16-28)24(18-4-8-20(25)9-5-18)19-6-10-21(26)11-7-19/h2-13,23-24,27H,14-16H2,1H3. The number of hydrogen-bond acceptors (Lipinski definition) is 3. The summed E-state index contributed by atoms with van der Waals surface area (Å²) in [5.74, 6) is -0.263. The van der Waals surface area contributed by atoms with Crippen LogP contribution in [0.4, 0.5) is 14.5 Å². The molecule has 1 atom stereocenters. The highest BCUT2D eigenvalue weighted by molar-refractivity contribution is 8.00. The zero-order chi connectivity index (χ0) is 22.7. The molecule has 1 saturated heterocycles. The zero-order valence-electron chi connectivity index (χ0n) is 17.5. The molecule has 1 fully saturated rings. The smallest absolute Gasteiger partial charge is 0.271 e. The molecule has 0 aliphatic carbocycles. The van der Waals surface area contributed by atoms with Crippen LogP contribution in [-0.2, 0) is 10.2 Å². The second-order valence-corrected chi connectivity index (χ2v) is 10.8. The van der Waals surface area contributed by atoms with E-state index in [1.54, 1.807) is 48.2 Å². The topological polar surface area (TPSA) is 49.4 Å². The predicted molar refractivity (Wildman–Crippen MR) is 126 cm³/mol. The lowest BCUT2D eigenvalue weighted by Gasteiger charge is -2.36.